The molecule has 1 N–H and O–H groups in total. The summed E-state index contributed by atoms with van der Waals surface area (Å²) in [5, 5.41) is 2.86. The van der Waals surface area contributed by atoms with Crippen LogP contribution in [0.15, 0.2) is 54.7 Å². The van der Waals surface area contributed by atoms with E-state index in [1.54, 1.807) is 12.1 Å². The minimum Gasteiger partial charge on any atom is -0.322 e. The molecule has 3 aromatic rings. The smallest absolute Gasteiger partial charge is 0.257 e. The first-order chi connectivity index (χ1) is 12.6. The van der Waals surface area contributed by atoms with Crippen LogP contribution in [-0.2, 0) is 12.8 Å². The van der Waals surface area contributed by atoms with Crippen LogP contribution in [0, 0.1) is 11.6 Å². The minimum atomic E-state index is -0.687. The number of nitrogens with zero attached hydrogens (tertiary/aromatic N) is 1. The molecule has 3 nitrogen and oxygen atoms in total. The van der Waals surface area contributed by atoms with Gasteiger partial charge in [0.2, 0.25) is 0 Å². The Bertz CT molecular complexity index is 984. The maximum absolute atomic E-state index is 13.8. The summed E-state index contributed by atoms with van der Waals surface area (Å²) < 4.78 is 26.8. The SMILES string of the molecule is O=C(Nc1ccc2c(c1)CCC2)c1ccc(-c2ccc(F)cc2F)nc1. The Morgan fingerprint density at radius 3 is 2.58 bits per heavy atom. The molecule has 4 rings (SSSR count). The standard InChI is InChI=1S/C21H16F2N2O/c22-16-6-8-18(19(23)11-16)20-9-5-15(12-24-20)21(26)25-17-7-4-13-2-1-3-14(13)10-17/h4-12H,1-3H2,(H,25,26). The predicted molar refractivity (Wildman–Crippen MR) is 96.0 cm³/mol. The summed E-state index contributed by atoms with van der Waals surface area (Å²) in [6, 6.07) is 12.4. The second kappa shape index (κ2) is 6.67. The quantitative estimate of drug-likeness (QED) is 0.739. The molecule has 1 aromatic heterocycles. The van der Waals surface area contributed by atoms with Gasteiger partial charge in [-0.25, -0.2) is 8.78 Å². The van der Waals surface area contributed by atoms with Gasteiger partial charge in [0.05, 0.1) is 11.3 Å². The monoisotopic (exact) mass is 350 g/mol. The first kappa shape index (κ1) is 16.4. The molecule has 0 unspecified atom stereocenters. The highest BCUT2D eigenvalue weighted by Crippen LogP contribution is 2.25. The lowest BCUT2D eigenvalue weighted by Crippen LogP contribution is -2.12. The molecule has 1 aliphatic rings. The van der Waals surface area contributed by atoms with Crippen LogP contribution in [0.25, 0.3) is 11.3 Å². The largest absolute Gasteiger partial charge is 0.322 e. The van der Waals surface area contributed by atoms with Crippen molar-refractivity contribution in [2.24, 2.45) is 0 Å². The van der Waals surface area contributed by atoms with Crippen molar-refractivity contribution in [3.05, 3.63) is 83.1 Å². The van der Waals surface area contributed by atoms with Crippen molar-refractivity contribution < 1.29 is 13.6 Å². The number of fused-ring (bicyclic) bond motifs is 1. The van der Waals surface area contributed by atoms with E-state index in [0.29, 0.717) is 11.3 Å². The van der Waals surface area contributed by atoms with Crippen LogP contribution in [0.3, 0.4) is 0 Å². The number of carbonyl (C=O) groups is 1. The number of rotatable bonds is 3. The van der Waals surface area contributed by atoms with E-state index in [1.165, 1.54) is 29.5 Å². The molecule has 0 radical (unpaired) electrons. The number of aryl methyl sites for hydroxylation is 2. The molecular formula is C21H16F2N2O. The van der Waals surface area contributed by atoms with Crippen LogP contribution in [0.1, 0.15) is 27.9 Å². The van der Waals surface area contributed by atoms with Gasteiger partial charge in [0, 0.05) is 23.5 Å². The Labute approximate surface area is 149 Å². The summed E-state index contributed by atoms with van der Waals surface area (Å²) in [6.45, 7) is 0. The molecule has 2 aromatic carbocycles. The van der Waals surface area contributed by atoms with E-state index in [4.69, 9.17) is 0 Å². The molecule has 1 amide bonds. The zero-order valence-corrected chi connectivity index (χ0v) is 13.9. The summed E-state index contributed by atoms with van der Waals surface area (Å²) in [4.78, 5) is 16.5. The lowest BCUT2D eigenvalue weighted by atomic mass is 10.1. The van der Waals surface area contributed by atoms with Crippen LogP contribution >= 0.6 is 0 Å². The van der Waals surface area contributed by atoms with Crippen LogP contribution in [0.4, 0.5) is 14.5 Å². The Balaban J connectivity index is 1.52. The molecule has 26 heavy (non-hydrogen) atoms. The number of benzene rings is 2. The number of amides is 1. The van der Waals surface area contributed by atoms with E-state index in [0.717, 1.165) is 31.0 Å². The zero-order valence-electron chi connectivity index (χ0n) is 13.9. The number of hydrogen-bond donors (Lipinski definition) is 1. The van der Waals surface area contributed by atoms with Crippen molar-refractivity contribution in [1.82, 2.24) is 4.98 Å². The highest BCUT2D eigenvalue weighted by atomic mass is 19.1. The number of anilines is 1. The maximum Gasteiger partial charge on any atom is 0.257 e. The molecule has 0 fully saturated rings. The molecule has 0 atom stereocenters. The second-order valence-electron chi connectivity index (χ2n) is 6.35. The number of nitrogens with one attached hydrogen (secondary N) is 1. The lowest BCUT2D eigenvalue weighted by Gasteiger charge is -2.08. The summed E-state index contributed by atoms with van der Waals surface area (Å²) >= 11 is 0. The molecule has 0 saturated heterocycles. The summed E-state index contributed by atoms with van der Waals surface area (Å²) in [7, 11) is 0. The van der Waals surface area contributed by atoms with E-state index in [2.05, 4.69) is 16.4 Å². The Morgan fingerprint density at radius 1 is 0.962 bits per heavy atom. The molecular weight excluding hydrogens is 334 g/mol. The topological polar surface area (TPSA) is 42.0 Å². The van der Waals surface area contributed by atoms with E-state index in [1.807, 2.05) is 12.1 Å². The maximum atomic E-state index is 13.8. The van der Waals surface area contributed by atoms with Gasteiger partial charge in [-0.2, -0.15) is 0 Å². The third-order valence-corrected chi connectivity index (χ3v) is 4.59. The van der Waals surface area contributed by atoms with Crippen LogP contribution in [-0.4, -0.2) is 10.9 Å². The van der Waals surface area contributed by atoms with E-state index in [9.17, 15) is 13.6 Å². The Hall–Kier alpha value is -3.08. The number of pyridine rings is 1. The second-order valence-corrected chi connectivity index (χ2v) is 6.35. The first-order valence-electron chi connectivity index (χ1n) is 8.45. The van der Waals surface area contributed by atoms with Gasteiger partial charge in [-0.05, 0) is 66.8 Å². The van der Waals surface area contributed by atoms with Gasteiger partial charge in [0.15, 0.2) is 0 Å². The fourth-order valence-corrected chi connectivity index (χ4v) is 3.24. The fraction of sp³-hybridized carbons (Fsp3) is 0.143. The molecule has 1 heterocycles. The molecule has 0 saturated carbocycles. The predicted octanol–water partition coefficient (Wildman–Crippen LogP) is 4.77. The molecule has 5 heteroatoms. The van der Waals surface area contributed by atoms with Crippen LogP contribution < -0.4 is 5.32 Å². The summed E-state index contributed by atoms with van der Waals surface area (Å²) in [5.41, 5.74) is 4.29. The highest BCUT2D eigenvalue weighted by molar-refractivity contribution is 6.04. The van der Waals surface area contributed by atoms with Gasteiger partial charge < -0.3 is 5.32 Å². The average molecular weight is 350 g/mol. The average Bonchev–Trinajstić information content (AvgIpc) is 3.10. The number of carbonyl (C=O) groups excluding carboxylic acids is 1. The summed E-state index contributed by atoms with van der Waals surface area (Å²) in [5.74, 6) is -1.61. The third kappa shape index (κ3) is 3.20. The van der Waals surface area contributed by atoms with E-state index < -0.39 is 11.6 Å². The first-order valence-corrected chi connectivity index (χ1v) is 8.45. The van der Waals surface area contributed by atoms with Gasteiger partial charge in [0.25, 0.3) is 5.91 Å². The summed E-state index contributed by atoms with van der Waals surface area (Å²) in [6.07, 6.45) is 4.67. The zero-order chi connectivity index (χ0) is 18.1. The number of halogens is 2. The van der Waals surface area contributed by atoms with Gasteiger partial charge in [-0.1, -0.05) is 6.07 Å². The van der Waals surface area contributed by atoms with Gasteiger partial charge in [0.1, 0.15) is 11.6 Å². The van der Waals surface area contributed by atoms with Crippen molar-refractivity contribution in [1.29, 1.82) is 0 Å². The van der Waals surface area contributed by atoms with Crippen molar-refractivity contribution in [3.8, 4) is 11.3 Å². The van der Waals surface area contributed by atoms with Gasteiger partial charge in [-0.3, -0.25) is 9.78 Å². The normalized spacial score (nSPS) is 12.7. The molecule has 0 bridgehead atoms. The third-order valence-electron chi connectivity index (χ3n) is 4.59. The number of hydrogen-bond acceptors (Lipinski definition) is 2. The van der Waals surface area contributed by atoms with Crippen LogP contribution in [0.5, 0.6) is 0 Å². The van der Waals surface area contributed by atoms with Crippen molar-refractivity contribution in [2.75, 3.05) is 5.32 Å². The highest BCUT2D eigenvalue weighted by Gasteiger charge is 2.13. The van der Waals surface area contributed by atoms with Crippen LogP contribution in [0.2, 0.25) is 0 Å². The lowest BCUT2D eigenvalue weighted by molar-refractivity contribution is 0.102. The number of aromatic nitrogens is 1. The van der Waals surface area contributed by atoms with Crippen molar-refractivity contribution >= 4 is 11.6 Å². The molecule has 0 spiro atoms. The van der Waals surface area contributed by atoms with E-state index in [-0.39, 0.29) is 11.5 Å². The van der Waals surface area contributed by atoms with Crippen molar-refractivity contribution in [2.45, 2.75) is 19.3 Å². The van der Waals surface area contributed by atoms with Gasteiger partial charge in [-0.15, -0.1) is 0 Å². The minimum absolute atomic E-state index is 0.192. The fourth-order valence-electron chi connectivity index (χ4n) is 3.24. The molecule has 130 valence electrons. The van der Waals surface area contributed by atoms with Crippen molar-refractivity contribution in [3.63, 3.8) is 0 Å². The molecule has 0 aliphatic heterocycles. The molecule has 1 aliphatic carbocycles. The Morgan fingerprint density at radius 2 is 1.81 bits per heavy atom. The Kier molecular flexibility index (Phi) is 4.21. The van der Waals surface area contributed by atoms with E-state index >= 15 is 0 Å². The van der Waals surface area contributed by atoms with Gasteiger partial charge >= 0.3 is 0 Å².